The Kier molecular flexibility index (Phi) is 3.33. The average molecular weight is 327 g/mol. The first-order valence-corrected chi connectivity index (χ1v) is 7.87. The van der Waals surface area contributed by atoms with Gasteiger partial charge in [-0.25, -0.2) is 0 Å². The molecule has 0 radical (unpaired) electrons. The van der Waals surface area contributed by atoms with Crippen LogP contribution in [0.3, 0.4) is 0 Å². The highest BCUT2D eigenvalue weighted by Crippen LogP contribution is 2.42. The van der Waals surface area contributed by atoms with Crippen LogP contribution >= 0.6 is 15.9 Å². The smallest absolute Gasteiger partial charge is 0.0329 e. The molecular weight excluding hydrogens is 308 g/mol. The van der Waals surface area contributed by atoms with Gasteiger partial charge < -0.3 is 0 Å². The molecule has 102 valence electrons. The molecular formula is C19H19Br. The number of hydrogen-bond donors (Lipinski definition) is 0. The molecule has 1 unspecified atom stereocenters. The van der Waals surface area contributed by atoms with Gasteiger partial charge in [0, 0.05) is 4.47 Å². The van der Waals surface area contributed by atoms with Crippen LogP contribution in [0, 0.1) is 20.8 Å². The highest BCUT2D eigenvalue weighted by molar-refractivity contribution is 9.10. The Balaban J connectivity index is 2.25. The minimum absolute atomic E-state index is 0.524. The zero-order valence-electron chi connectivity index (χ0n) is 12.4. The number of allylic oxidation sites excluding steroid dienone is 1. The van der Waals surface area contributed by atoms with E-state index in [9.17, 15) is 0 Å². The van der Waals surface area contributed by atoms with Gasteiger partial charge in [0.15, 0.2) is 0 Å². The van der Waals surface area contributed by atoms with E-state index in [4.69, 9.17) is 0 Å². The van der Waals surface area contributed by atoms with Crippen molar-refractivity contribution in [3.05, 3.63) is 62.6 Å². The van der Waals surface area contributed by atoms with Crippen LogP contribution in [0.15, 0.2) is 34.8 Å². The minimum Gasteiger partial charge on any atom is -0.0766 e. The SMILES string of the molecule is Cc1cc(C)c(-c2ccc3c(c2Br)C=CC3C)c(C)c1. The van der Waals surface area contributed by atoms with Crippen LogP contribution in [0.5, 0.6) is 0 Å². The molecule has 2 aromatic rings. The van der Waals surface area contributed by atoms with Crippen molar-refractivity contribution < 1.29 is 0 Å². The number of hydrogen-bond acceptors (Lipinski definition) is 0. The Bertz CT molecular complexity index is 700. The maximum atomic E-state index is 3.83. The zero-order valence-corrected chi connectivity index (χ0v) is 14.0. The maximum absolute atomic E-state index is 3.83. The second-order valence-electron chi connectivity index (χ2n) is 5.85. The number of halogens is 1. The fourth-order valence-corrected chi connectivity index (χ4v) is 4.01. The molecule has 2 aromatic carbocycles. The van der Waals surface area contributed by atoms with Crippen LogP contribution in [0.25, 0.3) is 17.2 Å². The van der Waals surface area contributed by atoms with Gasteiger partial charge in [-0.3, -0.25) is 0 Å². The molecule has 20 heavy (non-hydrogen) atoms. The Morgan fingerprint density at radius 2 is 1.65 bits per heavy atom. The highest BCUT2D eigenvalue weighted by Gasteiger charge is 2.19. The van der Waals surface area contributed by atoms with Crippen LogP contribution in [-0.4, -0.2) is 0 Å². The topological polar surface area (TPSA) is 0 Å². The summed E-state index contributed by atoms with van der Waals surface area (Å²) in [5.74, 6) is 0.524. The molecule has 0 spiro atoms. The fourth-order valence-electron chi connectivity index (χ4n) is 3.32. The summed E-state index contributed by atoms with van der Waals surface area (Å²) in [6.45, 7) is 8.81. The van der Waals surface area contributed by atoms with Gasteiger partial charge in [-0.2, -0.15) is 0 Å². The lowest BCUT2D eigenvalue weighted by Gasteiger charge is -2.16. The van der Waals surface area contributed by atoms with Crippen molar-refractivity contribution in [2.24, 2.45) is 0 Å². The van der Waals surface area contributed by atoms with Gasteiger partial charge in [-0.15, -0.1) is 0 Å². The van der Waals surface area contributed by atoms with E-state index in [2.05, 4.69) is 80.0 Å². The van der Waals surface area contributed by atoms with E-state index in [1.807, 2.05) is 0 Å². The molecule has 0 nitrogen and oxygen atoms in total. The first-order valence-electron chi connectivity index (χ1n) is 7.08. The van der Waals surface area contributed by atoms with E-state index in [0.29, 0.717) is 5.92 Å². The second kappa shape index (κ2) is 4.89. The van der Waals surface area contributed by atoms with Crippen molar-refractivity contribution in [3.8, 4) is 11.1 Å². The quantitative estimate of drug-likeness (QED) is 0.587. The predicted molar refractivity (Wildman–Crippen MR) is 91.2 cm³/mol. The molecule has 0 aromatic heterocycles. The summed E-state index contributed by atoms with van der Waals surface area (Å²) < 4.78 is 1.23. The van der Waals surface area contributed by atoms with E-state index in [1.54, 1.807) is 0 Å². The van der Waals surface area contributed by atoms with E-state index < -0.39 is 0 Å². The summed E-state index contributed by atoms with van der Waals surface area (Å²) in [6.07, 6.45) is 4.51. The van der Waals surface area contributed by atoms with Gasteiger partial charge >= 0.3 is 0 Å². The van der Waals surface area contributed by atoms with Crippen LogP contribution < -0.4 is 0 Å². The van der Waals surface area contributed by atoms with Crippen LogP contribution in [0.2, 0.25) is 0 Å². The maximum Gasteiger partial charge on any atom is 0.0329 e. The Hall–Kier alpha value is -1.34. The van der Waals surface area contributed by atoms with E-state index in [1.165, 1.54) is 43.4 Å². The monoisotopic (exact) mass is 326 g/mol. The van der Waals surface area contributed by atoms with Crippen molar-refractivity contribution in [2.75, 3.05) is 0 Å². The normalized spacial score (nSPS) is 16.6. The molecule has 0 saturated heterocycles. The third-order valence-corrected chi connectivity index (χ3v) is 5.06. The molecule has 1 aliphatic rings. The minimum atomic E-state index is 0.524. The summed E-state index contributed by atoms with van der Waals surface area (Å²) in [5, 5.41) is 0. The number of rotatable bonds is 1. The van der Waals surface area contributed by atoms with Crippen molar-refractivity contribution >= 4 is 22.0 Å². The Labute approximate surface area is 129 Å². The lowest BCUT2D eigenvalue weighted by Crippen LogP contribution is -1.94. The van der Waals surface area contributed by atoms with Gasteiger partial charge in [0.2, 0.25) is 0 Å². The second-order valence-corrected chi connectivity index (χ2v) is 6.64. The van der Waals surface area contributed by atoms with Gasteiger partial charge in [-0.05, 0) is 76.0 Å². The lowest BCUT2D eigenvalue weighted by molar-refractivity contribution is 0.989. The predicted octanol–water partition coefficient (Wildman–Crippen LogP) is 6.17. The first kappa shape index (κ1) is 13.6. The third-order valence-electron chi connectivity index (χ3n) is 4.20. The molecule has 0 heterocycles. The molecule has 0 amide bonds. The van der Waals surface area contributed by atoms with E-state index >= 15 is 0 Å². The summed E-state index contributed by atoms with van der Waals surface area (Å²) >= 11 is 3.83. The highest BCUT2D eigenvalue weighted by atomic mass is 79.9. The van der Waals surface area contributed by atoms with E-state index in [0.717, 1.165) is 0 Å². The van der Waals surface area contributed by atoms with Crippen LogP contribution in [0.1, 0.15) is 40.7 Å². The first-order chi connectivity index (χ1) is 9.49. The van der Waals surface area contributed by atoms with Crippen molar-refractivity contribution in [1.82, 2.24) is 0 Å². The van der Waals surface area contributed by atoms with Crippen molar-refractivity contribution in [2.45, 2.75) is 33.6 Å². The number of aryl methyl sites for hydroxylation is 3. The van der Waals surface area contributed by atoms with Gasteiger partial charge in [0.05, 0.1) is 0 Å². The van der Waals surface area contributed by atoms with Gasteiger partial charge in [0.25, 0.3) is 0 Å². The van der Waals surface area contributed by atoms with Gasteiger partial charge in [-0.1, -0.05) is 48.9 Å². The van der Waals surface area contributed by atoms with Gasteiger partial charge in [0.1, 0.15) is 0 Å². The molecule has 0 fully saturated rings. The average Bonchev–Trinajstić information content (AvgIpc) is 2.73. The lowest BCUT2D eigenvalue weighted by atomic mass is 9.91. The molecule has 1 aliphatic carbocycles. The van der Waals surface area contributed by atoms with Crippen molar-refractivity contribution in [3.63, 3.8) is 0 Å². The fraction of sp³-hybridized carbons (Fsp3) is 0.263. The standard InChI is InChI=1S/C19H19Br/c1-11-9-13(3)18(14(4)10-11)17-8-7-15-12(2)5-6-16(15)19(17)20/h5-10,12H,1-4H3. The summed E-state index contributed by atoms with van der Waals surface area (Å²) in [5.41, 5.74) is 9.44. The van der Waals surface area contributed by atoms with Crippen molar-refractivity contribution in [1.29, 1.82) is 0 Å². The van der Waals surface area contributed by atoms with E-state index in [-0.39, 0.29) is 0 Å². The Morgan fingerprint density at radius 1 is 1.00 bits per heavy atom. The largest absolute Gasteiger partial charge is 0.0766 e. The third kappa shape index (κ3) is 2.05. The summed E-state index contributed by atoms with van der Waals surface area (Å²) in [6, 6.07) is 9.07. The zero-order chi connectivity index (χ0) is 14.4. The van der Waals surface area contributed by atoms with Crippen LogP contribution in [0.4, 0.5) is 0 Å². The molecule has 3 rings (SSSR count). The molecule has 0 aliphatic heterocycles. The molecule has 1 atom stereocenters. The number of benzene rings is 2. The summed E-state index contributed by atoms with van der Waals surface area (Å²) in [7, 11) is 0. The van der Waals surface area contributed by atoms with Crippen LogP contribution in [-0.2, 0) is 0 Å². The molecule has 0 saturated carbocycles. The molecule has 0 N–H and O–H groups in total. The molecule has 1 heteroatoms. The number of fused-ring (bicyclic) bond motifs is 1. The summed E-state index contributed by atoms with van der Waals surface area (Å²) in [4.78, 5) is 0. The molecule has 0 bridgehead atoms. The Morgan fingerprint density at radius 3 is 2.30 bits per heavy atom.